The molecule has 0 radical (unpaired) electrons. The monoisotopic (exact) mass is 721 g/mol. The van der Waals surface area contributed by atoms with Crippen LogP contribution < -0.4 is 5.32 Å². The summed E-state index contributed by atoms with van der Waals surface area (Å²) < 4.78 is 60.1. The summed E-state index contributed by atoms with van der Waals surface area (Å²) in [5, 5.41) is 2.81. The third-order valence-corrected chi connectivity index (χ3v) is 7.63. The molecule has 0 bridgehead atoms. The van der Waals surface area contributed by atoms with Gasteiger partial charge in [-0.05, 0) is 35.6 Å². The molecule has 1 N–H and O–H groups in total. The number of alkyl carbamates (subject to hydrolysis) is 1. The van der Waals surface area contributed by atoms with Gasteiger partial charge in [-0.25, -0.2) is 4.79 Å². The fraction of sp³-hybridized carbons (Fsp3) is 0.658. The molecule has 0 saturated carbocycles. The number of fused-ring (bicyclic) bond motifs is 3. The standard InChI is InChI=1S/C38H59NO12/c1-2-41-14-15-43-18-19-45-22-23-47-26-27-49-30-31-50-29-28-48-25-24-46-21-20-44-17-16-42-13-7-12-39-38(40)51-32-37-35-10-5-3-8-33(35)34-9-4-6-11-36(34)37/h3-6,8-11,37H,2,7,12-32H2,1H3,(H,39,40). The van der Waals surface area contributed by atoms with Gasteiger partial charge in [0, 0.05) is 25.7 Å². The summed E-state index contributed by atoms with van der Waals surface area (Å²) in [6, 6.07) is 16.6. The summed E-state index contributed by atoms with van der Waals surface area (Å²) in [5.41, 5.74) is 4.81. The number of nitrogens with one attached hydrogen (secondary N) is 1. The molecule has 0 fully saturated rings. The van der Waals surface area contributed by atoms with E-state index in [1.165, 1.54) is 22.3 Å². The Morgan fingerprint density at radius 1 is 0.490 bits per heavy atom. The van der Waals surface area contributed by atoms with E-state index in [-0.39, 0.29) is 5.92 Å². The molecule has 0 unspecified atom stereocenters. The molecule has 0 aliphatic heterocycles. The van der Waals surface area contributed by atoms with E-state index in [4.69, 9.17) is 52.1 Å². The van der Waals surface area contributed by atoms with Crippen molar-refractivity contribution >= 4 is 6.09 Å². The lowest BCUT2D eigenvalue weighted by molar-refractivity contribution is -0.0262. The van der Waals surface area contributed by atoms with Crippen molar-refractivity contribution in [3.8, 4) is 11.1 Å². The topological polar surface area (TPSA) is 131 Å². The Bertz CT molecular complexity index is 1090. The van der Waals surface area contributed by atoms with Gasteiger partial charge in [-0.2, -0.15) is 0 Å². The Labute approximate surface area is 303 Å². The van der Waals surface area contributed by atoms with Gasteiger partial charge in [0.1, 0.15) is 6.61 Å². The van der Waals surface area contributed by atoms with Gasteiger partial charge in [-0.3, -0.25) is 0 Å². The second-order valence-electron chi connectivity index (χ2n) is 11.3. The first-order chi connectivity index (χ1) is 25.3. The van der Waals surface area contributed by atoms with E-state index >= 15 is 0 Å². The van der Waals surface area contributed by atoms with Crippen LogP contribution in [0, 0.1) is 0 Å². The van der Waals surface area contributed by atoms with E-state index in [1.54, 1.807) is 0 Å². The lowest BCUT2D eigenvalue weighted by atomic mass is 9.98. The summed E-state index contributed by atoms with van der Waals surface area (Å²) in [6.07, 6.45) is 0.274. The molecule has 13 nitrogen and oxygen atoms in total. The predicted octanol–water partition coefficient (Wildman–Crippen LogP) is 4.10. The summed E-state index contributed by atoms with van der Waals surface area (Å²) in [6.45, 7) is 13.3. The largest absolute Gasteiger partial charge is 0.449 e. The Hall–Kier alpha value is -2.69. The lowest BCUT2D eigenvalue weighted by Crippen LogP contribution is -2.27. The highest BCUT2D eigenvalue weighted by Crippen LogP contribution is 2.44. The predicted molar refractivity (Wildman–Crippen MR) is 192 cm³/mol. The summed E-state index contributed by atoms with van der Waals surface area (Å²) in [4.78, 5) is 12.3. The third kappa shape index (κ3) is 19.6. The average molecular weight is 722 g/mol. The van der Waals surface area contributed by atoms with Gasteiger partial charge >= 0.3 is 6.09 Å². The van der Waals surface area contributed by atoms with Crippen LogP contribution in [0.1, 0.15) is 30.4 Å². The van der Waals surface area contributed by atoms with Gasteiger partial charge in [0.25, 0.3) is 0 Å². The molecule has 0 heterocycles. The first kappa shape index (κ1) is 42.7. The number of carbonyl (C=O) groups is 1. The highest BCUT2D eigenvalue weighted by molar-refractivity contribution is 5.79. The second kappa shape index (κ2) is 29.8. The molecule has 0 saturated heterocycles. The van der Waals surface area contributed by atoms with Crippen molar-refractivity contribution in [1.29, 1.82) is 0 Å². The summed E-state index contributed by atoms with van der Waals surface area (Å²) >= 11 is 0. The van der Waals surface area contributed by atoms with Gasteiger partial charge in [-0.1, -0.05) is 48.5 Å². The number of rotatable bonds is 34. The van der Waals surface area contributed by atoms with Gasteiger partial charge in [0.15, 0.2) is 0 Å². The van der Waals surface area contributed by atoms with Crippen molar-refractivity contribution in [3.05, 3.63) is 59.7 Å². The number of hydrogen-bond donors (Lipinski definition) is 1. The zero-order valence-corrected chi connectivity index (χ0v) is 30.4. The van der Waals surface area contributed by atoms with Crippen molar-refractivity contribution in [1.82, 2.24) is 5.32 Å². The van der Waals surface area contributed by atoms with Crippen LogP contribution in [0.15, 0.2) is 48.5 Å². The molecule has 2 aromatic rings. The quantitative estimate of drug-likeness (QED) is 0.105. The van der Waals surface area contributed by atoms with Crippen LogP contribution in [0.3, 0.4) is 0 Å². The number of hydrogen-bond acceptors (Lipinski definition) is 12. The zero-order chi connectivity index (χ0) is 35.9. The minimum Gasteiger partial charge on any atom is -0.449 e. The molecule has 0 aromatic heterocycles. The third-order valence-electron chi connectivity index (χ3n) is 7.63. The summed E-state index contributed by atoms with van der Waals surface area (Å²) in [5.74, 6) is 0.0516. The van der Waals surface area contributed by atoms with Crippen molar-refractivity contribution in [2.24, 2.45) is 0 Å². The Morgan fingerprint density at radius 3 is 1.20 bits per heavy atom. The van der Waals surface area contributed by atoms with E-state index in [0.29, 0.717) is 152 Å². The molecule has 288 valence electrons. The molecule has 2 aromatic carbocycles. The molecule has 1 aliphatic carbocycles. The number of amides is 1. The molecular weight excluding hydrogens is 662 g/mol. The van der Waals surface area contributed by atoms with Gasteiger partial charge in [-0.15, -0.1) is 0 Å². The van der Waals surface area contributed by atoms with E-state index in [1.807, 2.05) is 31.2 Å². The summed E-state index contributed by atoms with van der Waals surface area (Å²) in [7, 11) is 0. The fourth-order valence-corrected chi connectivity index (χ4v) is 5.14. The minimum atomic E-state index is -0.413. The Balaban J connectivity index is 0.965. The fourth-order valence-electron chi connectivity index (χ4n) is 5.14. The molecular formula is C38H59NO12. The molecule has 3 rings (SSSR count). The molecule has 13 heteroatoms. The van der Waals surface area contributed by atoms with Gasteiger partial charge < -0.3 is 57.4 Å². The molecule has 51 heavy (non-hydrogen) atoms. The normalized spacial score (nSPS) is 12.3. The maximum Gasteiger partial charge on any atom is 0.407 e. The molecule has 1 amide bonds. The Kier molecular flexibility index (Phi) is 25.0. The number of ether oxygens (including phenoxy) is 11. The highest BCUT2D eigenvalue weighted by Gasteiger charge is 2.28. The van der Waals surface area contributed by atoms with Crippen LogP contribution in [-0.4, -0.2) is 151 Å². The van der Waals surface area contributed by atoms with E-state index in [9.17, 15) is 4.79 Å². The van der Waals surface area contributed by atoms with Crippen LogP contribution in [0.4, 0.5) is 4.79 Å². The first-order valence-electron chi connectivity index (χ1n) is 18.2. The smallest absolute Gasteiger partial charge is 0.407 e. The van der Waals surface area contributed by atoms with Gasteiger partial charge in [0.05, 0.1) is 119 Å². The van der Waals surface area contributed by atoms with Crippen molar-refractivity contribution in [3.63, 3.8) is 0 Å². The highest BCUT2D eigenvalue weighted by atomic mass is 16.6. The van der Waals surface area contributed by atoms with Crippen LogP contribution in [0.25, 0.3) is 11.1 Å². The average Bonchev–Trinajstić information content (AvgIpc) is 3.48. The maximum atomic E-state index is 12.3. The van der Waals surface area contributed by atoms with Crippen molar-refractivity contribution in [2.75, 3.05) is 145 Å². The number of benzene rings is 2. The van der Waals surface area contributed by atoms with Crippen LogP contribution >= 0.6 is 0 Å². The molecule has 0 spiro atoms. The number of carbonyl (C=O) groups excluding carboxylic acids is 1. The van der Waals surface area contributed by atoms with Gasteiger partial charge in [0.2, 0.25) is 0 Å². The van der Waals surface area contributed by atoms with Crippen LogP contribution in [-0.2, 0) is 52.1 Å². The zero-order valence-electron chi connectivity index (χ0n) is 30.4. The van der Waals surface area contributed by atoms with Crippen molar-refractivity contribution < 1.29 is 56.9 Å². The van der Waals surface area contributed by atoms with E-state index in [2.05, 4.69) is 29.6 Å². The maximum absolute atomic E-state index is 12.3. The minimum absolute atomic E-state index is 0.0516. The molecule has 1 aliphatic rings. The lowest BCUT2D eigenvalue weighted by Gasteiger charge is -2.14. The first-order valence-corrected chi connectivity index (χ1v) is 18.2. The SMILES string of the molecule is CCOCCOCCOCCOCCOCCOCCOCCOCCOCCOCCCNC(=O)OCC1c2ccccc2-c2ccccc21. The second-order valence-corrected chi connectivity index (χ2v) is 11.3. The van der Waals surface area contributed by atoms with Crippen molar-refractivity contribution in [2.45, 2.75) is 19.3 Å². The van der Waals surface area contributed by atoms with Crippen LogP contribution in [0.2, 0.25) is 0 Å². The van der Waals surface area contributed by atoms with E-state index < -0.39 is 6.09 Å². The van der Waals surface area contributed by atoms with E-state index in [0.717, 1.165) is 0 Å². The molecule has 0 atom stereocenters. The van der Waals surface area contributed by atoms with Crippen LogP contribution in [0.5, 0.6) is 0 Å². The Morgan fingerprint density at radius 2 is 0.824 bits per heavy atom.